The summed E-state index contributed by atoms with van der Waals surface area (Å²) in [5.41, 5.74) is -1.16. The van der Waals surface area contributed by atoms with Crippen molar-refractivity contribution in [1.29, 1.82) is 0 Å². The molecule has 2 rings (SSSR count). The van der Waals surface area contributed by atoms with Gasteiger partial charge in [-0.05, 0) is 0 Å². The van der Waals surface area contributed by atoms with Crippen LogP contribution in [0.25, 0.3) is 0 Å². The maximum Gasteiger partial charge on any atom is 0.183 e. The third-order valence-electron chi connectivity index (χ3n) is 3.98. The fourth-order valence-corrected chi connectivity index (χ4v) is 4.06. The number of thioether (sulfide) groups is 1. The SMILES string of the molecule is OC[C@H]1O[C@@H](S[C@H]2[C@H](O)[C@H](O)[C@H](O)O[C@@H]2CO)[C@@H](O)[C@@H](O)[C@@H]1O. The lowest BCUT2D eigenvalue weighted by Crippen LogP contribution is -2.61. The van der Waals surface area contributed by atoms with Gasteiger partial charge in [-0.1, -0.05) is 0 Å². The summed E-state index contributed by atoms with van der Waals surface area (Å²) in [5, 5.41) is 76.0. The average molecular weight is 358 g/mol. The van der Waals surface area contributed by atoms with E-state index in [9.17, 15) is 35.7 Å². The second-order valence-corrected chi connectivity index (χ2v) is 6.81. The molecule has 2 heterocycles. The Hall–Kier alpha value is -0.0500. The lowest BCUT2D eigenvalue weighted by Gasteiger charge is -2.44. The lowest BCUT2D eigenvalue weighted by molar-refractivity contribution is -0.249. The molecule has 2 aliphatic heterocycles. The number of rotatable bonds is 4. The molecule has 11 heteroatoms. The van der Waals surface area contributed by atoms with Crippen molar-refractivity contribution >= 4 is 11.8 Å². The smallest absolute Gasteiger partial charge is 0.183 e. The van der Waals surface area contributed by atoms with Crippen LogP contribution in [0.4, 0.5) is 0 Å². The van der Waals surface area contributed by atoms with Gasteiger partial charge in [-0.3, -0.25) is 0 Å². The van der Waals surface area contributed by atoms with Crippen molar-refractivity contribution in [3.05, 3.63) is 0 Å². The summed E-state index contributed by atoms with van der Waals surface area (Å²) in [6, 6.07) is 0. The first-order valence-corrected chi connectivity index (χ1v) is 8.02. The highest BCUT2D eigenvalue weighted by Gasteiger charge is 2.49. The molecule has 23 heavy (non-hydrogen) atoms. The molecule has 0 saturated carbocycles. The standard InChI is InChI=1S/C12H22O10S/c13-1-3-5(15)6(16)9(19)12(22-3)23-10-4(2-14)21-11(20)8(18)7(10)17/h3-20H,1-2H2/t3-,4-,5-,6+,7-,8+,9+,10-,11-,12+/m1/s1. The van der Waals surface area contributed by atoms with Crippen LogP contribution in [0.1, 0.15) is 0 Å². The Morgan fingerprint density at radius 2 is 1.26 bits per heavy atom. The third kappa shape index (κ3) is 3.80. The number of hydrogen-bond acceptors (Lipinski definition) is 11. The van der Waals surface area contributed by atoms with Crippen molar-refractivity contribution in [2.45, 2.75) is 59.7 Å². The molecule has 2 fully saturated rings. The molecular weight excluding hydrogens is 336 g/mol. The predicted octanol–water partition coefficient (Wildman–Crippen LogP) is -4.68. The highest BCUT2D eigenvalue weighted by Crippen LogP contribution is 2.37. The van der Waals surface area contributed by atoms with Crippen molar-refractivity contribution < 1.29 is 50.3 Å². The molecular formula is C12H22O10S. The summed E-state index contributed by atoms with van der Waals surface area (Å²) in [4.78, 5) is 0. The molecule has 0 aliphatic carbocycles. The third-order valence-corrected chi connectivity index (χ3v) is 5.53. The Bertz CT molecular complexity index is 383. The summed E-state index contributed by atoms with van der Waals surface area (Å²) in [6.07, 6.45) is -11.6. The first-order chi connectivity index (χ1) is 10.8. The zero-order valence-corrected chi connectivity index (χ0v) is 12.8. The molecule has 136 valence electrons. The molecule has 10 atom stereocenters. The molecule has 2 aliphatic rings. The van der Waals surface area contributed by atoms with Gasteiger partial charge in [0.25, 0.3) is 0 Å². The summed E-state index contributed by atoms with van der Waals surface area (Å²) in [6.45, 7) is -1.17. The average Bonchev–Trinajstić information content (AvgIpc) is 2.55. The predicted molar refractivity (Wildman–Crippen MR) is 75.1 cm³/mol. The highest BCUT2D eigenvalue weighted by atomic mass is 32.2. The highest BCUT2D eigenvalue weighted by molar-refractivity contribution is 8.00. The van der Waals surface area contributed by atoms with Gasteiger partial charge in [-0.25, -0.2) is 0 Å². The first-order valence-electron chi connectivity index (χ1n) is 7.08. The molecule has 2 saturated heterocycles. The Kier molecular flexibility index (Phi) is 6.61. The zero-order valence-electron chi connectivity index (χ0n) is 12.0. The summed E-state index contributed by atoms with van der Waals surface area (Å²) in [7, 11) is 0. The zero-order chi connectivity index (χ0) is 17.3. The van der Waals surface area contributed by atoms with Crippen molar-refractivity contribution in [2.24, 2.45) is 0 Å². The topological polar surface area (TPSA) is 180 Å². The number of hydrogen-bond donors (Lipinski definition) is 8. The Labute approximate surface area is 135 Å². The first kappa shape index (κ1) is 19.3. The quantitative estimate of drug-likeness (QED) is 0.242. The van der Waals surface area contributed by atoms with Gasteiger partial charge in [0.15, 0.2) is 6.29 Å². The van der Waals surface area contributed by atoms with Crippen molar-refractivity contribution in [2.75, 3.05) is 13.2 Å². The van der Waals surface area contributed by atoms with E-state index in [4.69, 9.17) is 14.6 Å². The van der Waals surface area contributed by atoms with Gasteiger partial charge in [-0.2, -0.15) is 0 Å². The number of aliphatic hydroxyl groups is 8. The van der Waals surface area contributed by atoms with Gasteiger partial charge < -0.3 is 50.3 Å². The molecule has 0 aromatic heterocycles. The molecule has 0 bridgehead atoms. The van der Waals surface area contributed by atoms with Gasteiger partial charge in [0.05, 0.1) is 30.7 Å². The Morgan fingerprint density at radius 1 is 0.652 bits per heavy atom. The van der Waals surface area contributed by atoms with E-state index in [-0.39, 0.29) is 0 Å². The largest absolute Gasteiger partial charge is 0.394 e. The minimum absolute atomic E-state index is 0.573. The van der Waals surface area contributed by atoms with Gasteiger partial charge >= 0.3 is 0 Å². The van der Waals surface area contributed by atoms with Crippen LogP contribution in [0, 0.1) is 0 Å². The van der Waals surface area contributed by atoms with Gasteiger partial charge in [0, 0.05) is 0 Å². The maximum absolute atomic E-state index is 10.0. The van der Waals surface area contributed by atoms with Gasteiger partial charge in [0.1, 0.15) is 36.0 Å². The van der Waals surface area contributed by atoms with Crippen LogP contribution >= 0.6 is 11.8 Å². The molecule has 10 nitrogen and oxygen atoms in total. The molecule has 8 N–H and O–H groups in total. The van der Waals surface area contributed by atoms with E-state index in [1.54, 1.807) is 0 Å². The second-order valence-electron chi connectivity index (χ2n) is 5.53. The van der Waals surface area contributed by atoms with Crippen LogP contribution in [0.3, 0.4) is 0 Å². The molecule has 0 spiro atoms. The monoisotopic (exact) mass is 358 g/mol. The molecule has 0 amide bonds. The number of aliphatic hydroxyl groups excluding tert-OH is 8. The molecule has 0 unspecified atom stereocenters. The Balaban J connectivity index is 2.11. The summed E-state index contributed by atoms with van der Waals surface area (Å²) in [5.74, 6) is 0. The normalized spacial score (nSPS) is 51.7. The fourth-order valence-electron chi connectivity index (χ4n) is 2.57. The van der Waals surface area contributed by atoms with E-state index in [1.165, 1.54) is 0 Å². The van der Waals surface area contributed by atoms with E-state index >= 15 is 0 Å². The van der Waals surface area contributed by atoms with Crippen LogP contribution < -0.4 is 0 Å². The van der Waals surface area contributed by atoms with E-state index in [0.717, 1.165) is 11.8 Å². The van der Waals surface area contributed by atoms with Crippen LogP contribution in [-0.2, 0) is 9.47 Å². The molecule has 0 aromatic carbocycles. The van der Waals surface area contributed by atoms with Crippen molar-refractivity contribution in [1.82, 2.24) is 0 Å². The van der Waals surface area contributed by atoms with E-state index < -0.39 is 72.9 Å². The van der Waals surface area contributed by atoms with Crippen LogP contribution in [0.5, 0.6) is 0 Å². The van der Waals surface area contributed by atoms with Crippen molar-refractivity contribution in [3.8, 4) is 0 Å². The fraction of sp³-hybridized carbons (Fsp3) is 1.00. The lowest BCUT2D eigenvalue weighted by atomic mass is 10.0. The minimum atomic E-state index is -1.67. The van der Waals surface area contributed by atoms with Crippen LogP contribution in [0.2, 0.25) is 0 Å². The van der Waals surface area contributed by atoms with Crippen LogP contribution in [0.15, 0.2) is 0 Å². The van der Waals surface area contributed by atoms with Gasteiger partial charge in [-0.15, -0.1) is 11.8 Å². The minimum Gasteiger partial charge on any atom is -0.394 e. The Morgan fingerprint density at radius 3 is 1.83 bits per heavy atom. The second kappa shape index (κ2) is 7.89. The van der Waals surface area contributed by atoms with Gasteiger partial charge in [0.2, 0.25) is 0 Å². The summed E-state index contributed by atoms with van der Waals surface area (Å²) < 4.78 is 10.3. The van der Waals surface area contributed by atoms with Crippen molar-refractivity contribution in [3.63, 3.8) is 0 Å². The summed E-state index contributed by atoms with van der Waals surface area (Å²) >= 11 is 0.761. The van der Waals surface area contributed by atoms with Crippen LogP contribution in [-0.4, -0.2) is 114 Å². The molecule has 0 aromatic rings. The van der Waals surface area contributed by atoms with E-state index in [0.29, 0.717) is 0 Å². The number of ether oxygens (including phenoxy) is 2. The maximum atomic E-state index is 10.0. The molecule has 0 radical (unpaired) electrons. The van der Waals surface area contributed by atoms with E-state index in [1.807, 2.05) is 0 Å². The van der Waals surface area contributed by atoms with E-state index in [2.05, 4.69) is 0 Å².